The molecular weight excluding hydrogens is 432 g/mol. The lowest BCUT2D eigenvalue weighted by Crippen LogP contribution is -2.46. The second-order valence-electron chi connectivity index (χ2n) is 7.28. The number of fused-ring (bicyclic) bond motifs is 2. The average Bonchev–Trinajstić information content (AvgIpc) is 2.99. The number of carbonyl (C=O) groups is 2. The Hall–Kier alpha value is -3.10. The summed E-state index contributed by atoms with van der Waals surface area (Å²) < 4.78 is 26.6. The molecule has 2 aliphatic rings. The van der Waals surface area contributed by atoms with Gasteiger partial charge in [-0.1, -0.05) is 54.6 Å². The van der Waals surface area contributed by atoms with E-state index in [0.717, 1.165) is 16.1 Å². The fourth-order valence-electron chi connectivity index (χ4n) is 4.00. The molecule has 3 aromatic rings. The van der Waals surface area contributed by atoms with Gasteiger partial charge >= 0.3 is 0 Å². The molecule has 0 unspecified atom stereocenters. The van der Waals surface area contributed by atoms with E-state index in [1.165, 1.54) is 12.1 Å². The van der Waals surface area contributed by atoms with Crippen molar-refractivity contribution in [2.75, 3.05) is 17.2 Å². The van der Waals surface area contributed by atoms with Crippen molar-refractivity contribution in [2.24, 2.45) is 0 Å². The van der Waals surface area contributed by atoms with E-state index in [1.807, 2.05) is 54.6 Å². The molecule has 0 radical (unpaired) electrons. The van der Waals surface area contributed by atoms with Crippen LogP contribution in [0.2, 0.25) is 0 Å². The maximum absolute atomic E-state index is 13.5. The predicted octanol–water partition coefficient (Wildman–Crippen LogP) is 3.71. The highest BCUT2D eigenvalue weighted by atomic mass is 32.2. The average molecular weight is 451 g/mol. The number of thioether (sulfide) groups is 1. The van der Waals surface area contributed by atoms with Crippen LogP contribution >= 0.6 is 11.8 Å². The minimum atomic E-state index is -4.06. The first-order valence-electron chi connectivity index (χ1n) is 9.73. The second-order valence-corrected chi connectivity index (χ2v) is 10.2. The number of hydrogen-bond donors (Lipinski definition) is 0. The third kappa shape index (κ3) is 3.23. The molecule has 0 aliphatic carbocycles. The summed E-state index contributed by atoms with van der Waals surface area (Å²) in [6.45, 7) is -0.543. The maximum atomic E-state index is 13.5. The van der Waals surface area contributed by atoms with Crippen LogP contribution in [-0.2, 0) is 14.8 Å². The summed E-state index contributed by atoms with van der Waals surface area (Å²) in [7, 11) is -4.06. The van der Waals surface area contributed by atoms with E-state index in [0.29, 0.717) is 10.1 Å². The van der Waals surface area contributed by atoms with Crippen molar-refractivity contribution >= 4 is 39.3 Å². The number of sulfonamides is 1. The molecule has 6 nitrogen and oxygen atoms in total. The number of para-hydroxylation sites is 1. The van der Waals surface area contributed by atoms with Crippen LogP contribution in [0.15, 0.2) is 88.7 Å². The van der Waals surface area contributed by atoms with Crippen LogP contribution in [0.1, 0.15) is 22.0 Å². The molecule has 2 heterocycles. The monoisotopic (exact) mass is 450 g/mol. The number of amides is 2. The van der Waals surface area contributed by atoms with Crippen LogP contribution < -0.4 is 4.90 Å². The Bertz CT molecular complexity index is 1290. The summed E-state index contributed by atoms with van der Waals surface area (Å²) >= 11 is 1.65. The van der Waals surface area contributed by atoms with Crippen molar-refractivity contribution in [2.45, 2.75) is 15.8 Å². The molecule has 0 spiro atoms. The molecule has 2 amide bonds. The van der Waals surface area contributed by atoms with Crippen molar-refractivity contribution in [1.82, 2.24) is 4.31 Å². The van der Waals surface area contributed by atoms with E-state index in [2.05, 4.69) is 0 Å². The molecule has 1 atom stereocenters. The number of nitrogens with zero attached hydrogens (tertiary/aromatic N) is 2. The summed E-state index contributed by atoms with van der Waals surface area (Å²) in [5.74, 6) is -0.473. The fourth-order valence-corrected chi connectivity index (χ4v) is 6.69. The zero-order valence-electron chi connectivity index (χ0n) is 16.3. The number of rotatable bonds is 3. The van der Waals surface area contributed by atoms with Gasteiger partial charge in [0, 0.05) is 10.6 Å². The molecule has 0 N–H and O–H groups in total. The first kappa shape index (κ1) is 19.8. The number of benzene rings is 3. The van der Waals surface area contributed by atoms with Gasteiger partial charge in [-0.3, -0.25) is 9.59 Å². The third-order valence-electron chi connectivity index (χ3n) is 5.48. The van der Waals surface area contributed by atoms with Gasteiger partial charge in [-0.2, -0.15) is 0 Å². The van der Waals surface area contributed by atoms with Gasteiger partial charge in [0.2, 0.25) is 5.91 Å². The molecule has 0 saturated carbocycles. The standard InChI is InChI=1S/C23H18N2O4S2/c26-22(14-24-23(27)17-10-4-7-13-21(17)31(24,28)29)25-18-11-5-6-12-20(18)30-15-19(25)16-8-2-1-3-9-16/h1-13,19H,14-15H2/t19-/m0/s1. The maximum Gasteiger partial charge on any atom is 0.269 e. The van der Waals surface area contributed by atoms with Gasteiger partial charge in [0.15, 0.2) is 0 Å². The molecular formula is C23H18N2O4S2. The van der Waals surface area contributed by atoms with Crippen LogP contribution in [0.25, 0.3) is 0 Å². The lowest BCUT2D eigenvalue weighted by molar-refractivity contribution is -0.119. The Morgan fingerprint density at radius 1 is 0.935 bits per heavy atom. The summed E-state index contributed by atoms with van der Waals surface area (Å²) in [6.07, 6.45) is 0. The van der Waals surface area contributed by atoms with Gasteiger partial charge in [0.05, 0.1) is 17.3 Å². The molecule has 8 heteroatoms. The molecule has 0 bridgehead atoms. The zero-order valence-corrected chi connectivity index (χ0v) is 18.0. The predicted molar refractivity (Wildman–Crippen MR) is 118 cm³/mol. The molecule has 156 valence electrons. The Labute approximate surface area is 184 Å². The minimum Gasteiger partial charge on any atom is -0.301 e. The number of hydrogen-bond acceptors (Lipinski definition) is 5. The lowest BCUT2D eigenvalue weighted by atomic mass is 10.1. The lowest BCUT2D eigenvalue weighted by Gasteiger charge is -2.37. The van der Waals surface area contributed by atoms with Crippen molar-refractivity contribution in [3.05, 3.63) is 90.0 Å². The highest BCUT2D eigenvalue weighted by molar-refractivity contribution is 7.99. The van der Waals surface area contributed by atoms with E-state index in [4.69, 9.17) is 0 Å². The molecule has 0 aromatic heterocycles. The molecule has 5 rings (SSSR count). The van der Waals surface area contributed by atoms with Crippen LogP contribution in [0.5, 0.6) is 0 Å². The Morgan fingerprint density at radius 2 is 1.61 bits per heavy atom. The van der Waals surface area contributed by atoms with E-state index >= 15 is 0 Å². The smallest absolute Gasteiger partial charge is 0.269 e. The Kier molecular flexibility index (Phi) is 4.83. The minimum absolute atomic E-state index is 0.0537. The molecule has 0 fully saturated rings. The van der Waals surface area contributed by atoms with Crippen LogP contribution in [-0.4, -0.2) is 36.8 Å². The van der Waals surface area contributed by atoms with Crippen molar-refractivity contribution in [3.8, 4) is 0 Å². The summed E-state index contributed by atoms with van der Waals surface area (Å²) in [4.78, 5) is 28.9. The van der Waals surface area contributed by atoms with E-state index in [1.54, 1.807) is 28.8 Å². The third-order valence-corrected chi connectivity index (χ3v) is 8.40. The van der Waals surface area contributed by atoms with Gasteiger partial charge < -0.3 is 4.90 Å². The van der Waals surface area contributed by atoms with E-state index in [-0.39, 0.29) is 16.5 Å². The van der Waals surface area contributed by atoms with E-state index < -0.39 is 28.4 Å². The Morgan fingerprint density at radius 3 is 2.39 bits per heavy atom. The van der Waals surface area contributed by atoms with Gasteiger partial charge in [-0.25, -0.2) is 12.7 Å². The summed E-state index contributed by atoms with van der Waals surface area (Å²) in [5, 5.41) is 0. The summed E-state index contributed by atoms with van der Waals surface area (Å²) in [5.41, 5.74) is 1.78. The van der Waals surface area contributed by atoms with Gasteiger partial charge in [0.1, 0.15) is 11.4 Å². The summed E-state index contributed by atoms with van der Waals surface area (Å²) in [6, 6.07) is 23.0. The van der Waals surface area contributed by atoms with Crippen LogP contribution in [0, 0.1) is 0 Å². The van der Waals surface area contributed by atoms with Crippen molar-refractivity contribution < 1.29 is 18.0 Å². The van der Waals surface area contributed by atoms with Gasteiger partial charge in [0.25, 0.3) is 15.9 Å². The Balaban J connectivity index is 1.53. The first-order valence-corrected chi connectivity index (χ1v) is 12.2. The quantitative estimate of drug-likeness (QED) is 0.608. The van der Waals surface area contributed by atoms with Gasteiger partial charge in [-0.05, 0) is 29.8 Å². The molecule has 31 heavy (non-hydrogen) atoms. The zero-order chi connectivity index (χ0) is 21.6. The molecule has 2 aliphatic heterocycles. The highest BCUT2D eigenvalue weighted by Gasteiger charge is 2.43. The normalized spacial score (nSPS) is 19.1. The molecule has 3 aromatic carbocycles. The number of carbonyl (C=O) groups excluding carboxylic acids is 2. The van der Waals surface area contributed by atoms with E-state index in [9.17, 15) is 18.0 Å². The van der Waals surface area contributed by atoms with Gasteiger partial charge in [-0.15, -0.1) is 11.8 Å². The van der Waals surface area contributed by atoms with Crippen LogP contribution in [0.3, 0.4) is 0 Å². The first-order chi connectivity index (χ1) is 15.0. The second kappa shape index (κ2) is 7.55. The van der Waals surface area contributed by atoms with Crippen LogP contribution in [0.4, 0.5) is 5.69 Å². The topological polar surface area (TPSA) is 74.8 Å². The SMILES string of the molecule is O=C(CN1C(=O)c2ccccc2S1(=O)=O)N1c2ccccc2SC[C@H]1c1ccccc1. The molecule has 0 saturated heterocycles. The van der Waals surface area contributed by atoms with Crippen molar-refractivity contribution in [1.29, 1.82) is 0 Å². The largest absolute Gasteiger partial charge is 0.301 e. The number of anilines is 1. The fraction of sp³-hybridized carbons (Fsp3) is 0.130. The van der Waals surface area contributed by atoms with Crippen molar-refractivity contribution in [3.63, 3.8) is 0 Å². The highest BCUT2D eigenvalue weighted by Crippen LogP contribution is 2.43.